The fourth-order valence-electron chi connectivity index (χ4n) is 2.33. The second kappa shape index (κ2) is 20.1. The van der Waals surface area contributed by atoms with Crippen LogP contribution in [0.5, 0.6) is 0 Å². The van der Waals surface area contributed by atoms with Crippen molar-refractivity contribution < 1.29 is 28.5 Å². The van der Waals surface area contributed by atoms with Gasteiger partial charge in [-0.25, -0.2) is 0 Å². The number of aromatic nitrogens is 2. The monoisotopic (exact) mass is 462 g/mol. The highest BCUT2D eigenvalue weighted by atomic mass is 16.7. The third kappa shape index (κ3) is 15.8. The Kier molecular flexibility index (Phi) is 18.6. The molecule has 0 spiro atoms. The van der Waals surface area contributed by atoms with Crippen LogP contribution in [0.3, 0.4) is 0 Å². The molecule has 0 N–H and O–H groups in total. The van der Waals surface area contributed by atoms with Crippen molar-refractivity contribution in [2.75, 3.05) is 26.4 Å². The second-order valence-electron chi connectivity index (χ2n) is 6.62. The first-order chi connectivity index (χ1) is 15.9. The number of carbonyl (C=O) groups excluding carboxylic acids is 2. The van der Waals surface area contributed by atoms with Crippen molar-refractivity contribution in [3.63, 3.8) is 0 Å². The molecule has 0 aromatic carbocycles. The Morgan fingerprint density at radius 2 is 1.12 bits per heavy atom. The van der Waals surface area contributed by atoms with E-state index >= 15 is 0 Å². The quantitative estimate of drug-likeness (QED) is 0.437. The van der Waals surface area contributed by atoms with Crippen LogP contribution in [0.1, 0.15) is 45.7 Å². The molecule has 0 saturated heterocycles. The van der Waals surface area contributed by atoms with Crippen molar-refractivity contribution in [3.8, 4) is 0 Å². The minimum Gasteiger partial charge on any atom is -0.346 e. The Bertz CT molecular complexity index is 731. The van der Waals surface area contributed by atoms with Gasteiger partial charge in [-0.15, -0.1) is 0 Å². The lowest BCUT2D eigenvalue weighted by Gasteiger charge is -2.15. The Morgan fingerprint density at radius 1 is 0.727 bits per heavy atom. The SMILES string of the molecule is CCOC(OCC)C(=O)Cc1ccncc1.CCOC(OCC)C(C)=O.Cc1ccncc1. The average molecular weight is 463 g/mol. The molecule has 0 amide bonds. The van der Waals surface area contributed by atoms with Crippen molar-refractivity contribution in [1.29, 1.82) is 0 Å². The van der Waals surface area contributed by atoms with Crippen LogP contribution < -0.4 is 0 Å². The van der Waals surface area contributed by atoms with Gasteiger partial charge in [0.05, 0.1) is 0 Å². The molecule has 8 heteroatoms. The first-order valence-electron chi connectivity index (χ1n) is 11.1. The Morgan fingerprint density at radius 3 is 1.45 bits per heavy atom. The molecule has 0 atom stereocenters. The van der Waals surface area contributed by atoms with Gasteiger partial charge in [0.15, 0.2) is 11.6 Å². The van der Waals surface area contributed by atoms with E-state index in [1.54, 1.807) is 24.8 Å². The van der Waals surface area contributed by atoms with E-state index in [4.69, 9.17) is 18.9 Å². The standard InChI is InChI=1S/C12H17NO3.C7H14O3.C6H7N/c1-3-15-12(16-4-2)11(14)9-10-5-7-13-8-6-10;1-4-9-7(6(3)8)10-5-2;1-6-2-4-7-5-3-6/h5-8,12H,3-4,9H2,1-2H3;7H,4-5H2,1-3H3;2-5H,1H3. The minimum absolute atomic E-state index is 0.0603. The molecule has 0 unspecified atom stereocenters. The molecule has 2 aromatic heterocycles. The van der Waals surface area contributed by atoms with E-state index in [1.165, 1.54) is 12.5 Å². The first-order valence-corrected chi connectivity index (χ1v) is 11.1. The summed E-state index contributed by atoms with van der Waals surface area (Å²) in [5.41, 5.74) is 2.18. The van der Waals surface area contributed by atoms with Gasteiger partial charge in [0.2, 0.25) is 12.6 Å². The number of aryl methyl sites for hydroxylation is 1. The van der Waals surface area contributed by atoms with E-state index in [1.807, 2.05) is 58.9 Å². The summed E-state index contributed by atoms with van der Waals surface area (Å²) in [6.07, 6.45) is 5.81. The maximum absolute atomic E-state index is 11.8. The molecule has 0 fully saturated rings. The number of hydrogen-bond donors (Lipinski definition) is 0. The van der Waals surface area contributed by atoms with Gasteiger partial charge in [0.25, 0.3) is 0 Å². The van der Waals surface area contributed by atoms with Gasteiger partial charge in [0.1, 0.15) is 0 Å². The maximum atomic E-state index is 11.8. The topological polar surface area (TPSA) is 96.8 Å². The number of ketones is 2. The molecule has 0 aliphatic rings. The van der Waals surface area contributed by atoms with Gasteiger partial charge in [-0.3, -0.25) is 19.6 Å². The van der Waals surface area contributed by atoms with Crippen LogP contribution in [0, 0.1) is 6.92 Å². The van der Waals surface area contributed by atoms with E-state index < -0.39 is 12.6 Å². The molecule has 0 aliphatic heterocycles. The summed E-state index contributed by atoms with van der Waals surface area (Å²) in [7, 11) is 0. The van der Waals surface area contributed by atoms with E-state index in [0.717, 1.165) is 5.56 Å². The van der Waals surface area contributed by atoms with Crippen LogP contribution in [-0.2, 0) is 35.0 Å². The molecular weight excluding hydrogens is 424 g/mol. The third-order valence-electron chi connectivity index (χ3n) is 3.84. The molecule has 33 heavy (non-hydrogen) atoms. The lowest BCUT2D eigenvalue weighted by Crippen LogP contribution is -2.29. The zero-order chi connectivity index (χ0) is 24.9. The molecule has 0 radical (unpaired) electrons. The van der Waals surface area contributed by atoms with Crippen LogP contribution in [0.2, 0.25) is 0 Å². The number of carbonyl (C=O) groups is 2. The van der Waals surface area contributed by atoms with Gasteiger partial charge in [-0.2, -0.15) is 0 Å². The zero-order valence-corrected chi connectivity index (χ0v) is 20.7. The molecule has 184 valence electrons. The largest absolute Gasteiger partial charge is 0.346 e. The Balaban J connectivity index is 0.000000513. The fraction of sp³-hybridized carbons (Fsp3) is 0.520. The lowest BCUT2D eigenvalue weighted by molar-refractivity contribution is -0.167. The molecule has 0 saturated carbocycles. The fourth-order valence-corrected chi connectivity index (χ4v) is 2.33. The lowest BCUT2D eigenvalue weighted by atomic mass is 10.1. The molecule has 0 bridgehead atoms. The first kappa shape index (κ1) is 30.5. The van der Waals surface area contributed by atoms with Crippen molar-refractivity contribution in [3.05, 3.63) is 60.2 Å². The van der Waals surface area contributed by atoms with Crippen LogP contribution in [-0.4, -0.2) is 60.5 Å². The van der Waals surface area contributed by atoms with Gasteiger partial charge in [-0.05, 0) is 76.9 Å². The summed E-state index contributed by atoms with van der Waals surface area (Å²) in [6, 6.07) is 7.57. The van der Waals surface area contributed by atoms with Gasteiger partial charge in [0, 0.05) is 57.6 Å². The molecule has 2 rings (SSSR count). The van der Waals surface area contributed by atoms with Crippen LogP contribution in [0.4, 0.5) is 0 Å². The third-order valence-corrected chi connectivity index (χ3v) is 3.84. The van der Waals surface area contributed by atoms with Crippen molar-refractivity contribution in [1.82, 2.24) is 9.97 Å². The normalized spacial score (nSPS) is 10.2. The second-order valence-corrected chi connectivity index (χ2v) is 6.62. The minimum atomic E-state index is -0.747. The van der Waals surface area contributed by atoms with Crippen molar-refractivity contribution in [2.24, 2.45) is 0 Å². The van der Waals surface area contributed by atoms with Gasteiger partial charge < -0.3 is 18.9 Å². The van der Waals surface area contributed by atoms with Gasteiger partial charge >= 0.3 is 0 Å². The van der Waals surface area contributed by atoms with E-state index in [0.29, 0.717) is 32.8 Å². The number of ether oxygens (including phenoxy) is 4. The molecule has 8 nitrogen and oxygen atoms in total. The number of pyridine rings is 2. The molecule has 2 heterocycles. The number of nitrogens with zero attached hydrogens (tertiary/aromatic N) is 2. The zero-order valence-electron chi connectivity index (χ0n) is 20.7. The Hall–Kier alpha value is -2.52. The highest BCUT2D eigenvalue weighted by Crippen LogP contribution is 2.05. The number of hydrogen-bond acceptors (Lipinski definition) is 8. The predicted octanol–water partition coefficient (Wildman–Crippen LogP) is 3.96. The summed E-state index contributed by atoms with van der Waals surface area (Å²) in [4.78, 5) is 30.2. The summed E-state index contributed by atoms with van der Waals surface area (Å²) >= 11 is 0. The molecule has 2 aromatic rings. The van der Waals surface area contributed by atoms with Crippen LogP contribution in [0.15, 0.2) is 49.1 Å². The van der Waals surface area contributed by atoms with Gasteiger partial charge in [-0.1, -0.05) is 0 Å². The predicted molar refractivity (Wildman–Crippen MR) is 127 cm³/mol. The number of Topliss-reactive ketones (excluding diaryl/α,β-unsaturated/α-hetero) is 2. The van der Waals surface area contributed by atoms with E-state index in [-0.39, 0.29) is 11.6 Å². The Labute approximate surface area is 197 Å². The molecule has 0 aliphatic carbocycles. The summed E-state index contributed by atoms with van der Waals surface area (Å²) < 4.78 is 20.4. The van der Waals surface area contributed by atoms with E-state index in [2.05, 4.69) is 9.97 Å². The highest BCUT2D eigenvalue weighted by molar-refractivity contribution is 5.84. The van der Waals surface area contributed by atoms with Crippen LogP contribution >= 0.6 is 0 Å². The maximum Gasteiger partial charge on any atom is 0.218 e. The number of rotatable bonds is 12. The van der Waals surface area contributed by atoms with E-state index in [9.17, 15) is 9.59 Å². The summed E-state index contributed by atoms with van der Waals surface area (Å²) in [5, 5.41) is 0. The summed E-state index contributed by atoms with van der Waals surface area (Å²) in [6.45, 7) is 12.8. The van der Waals surface area contributed by atoms with Crippen LogP contribution in [0.25, 0.3) is 0 Å². The molecular formula is C25H38N2O6. The highest BCUT2D eigenvalue weighted by Gasteiger charge is 2.18. The van der Waals surface area contributed by atoms with Crippen molar-refractivity contribution >= 4 is 11.6 Å². The van der Waals surface area contributed by atoms with Crippen molar-refractivity contribution in [2.45, 2.75) is 60.5 Å². The average Bonchev–Trinajstić information content (AvgIpc) is 2.81. The summed E-state index contributed by atoms with van der Waals surface area (Å²) in [5.74, 6) is -0.140. The smallest absolute Gasteiger partial charge is 0.218 e.